The van der Waals surface area contributed by atoms with Crippen molar-refractivity contribution in [2.45, 2.75) is 40.5 Å². The highest BCUT2D eigenvalue weighted by Gasteiger charge is 2.34. The Kier molecular flexibility index (Phi) is 5.38. The number of rotatable bonds is 4. The van der Waals surface area contributed by atoms with E-state index in [0.717, 1.165) is 0 Å². The smallest absolute Gasteiger partial charge is 0.310 e. The van der Waals surface area contributed by atoms with E-state index in [1.54, 1.807) is 6.92 Å². The zero-order valence-corrected chi connectivity index (χ0v) is 13.1. The number of nitrogens with zero attached hydrogens (tertiary/aromatic N) is 1. The minimum absolute atomic E-state index is 0.107. The van der Waals surface area contributed by atoms with Gasteiger partial charge in [0.2, 0.25) is 10.0 Å². The van der Waals surface area contributed by atoms with Crippen LogP contribution in [-0.2, 0) is 19.6 Å². The Morgan fingerprint density at radius 3 is 2.53 bits per heavy atom. The molecule has 0 aromatic heterocycles. The van der Waals surface area contributed by atoms with Crippen molar-refractivity contribution in [3.63, 3.8) is 0 Å². The minimum atomic E-state index is -3.30. The van der Waals surface area contributed by atoms with Gasteiger partial charge in [0.25, 0.3) is 0 Å². The van der Waals surface area contributed by atoms with Crippen molar-refractivity contribution >= 4 is 16.0 Å². The van der Waals surface area contributed by atoms with Gasteiger partial charge in [0.1, 0.15) is 0 Å². The molecule has 5 nitrogen and oxygen atoms in total. The summed E-state index contributed by atoms with van der Waals surface area (Å²) in [5.41, 5.74) is -0.282. The highest BCUT2D eigenvalue weighted by atomic mass is 32.2. The van der Waals surface area contributed by atoms with Crippen LogP contribution in [0.1, 0.15) is 40.5 Å². The van der Waals surface area contributed by atoms with Crippen molar-refractivity contribution in [1.29, 1.82) is 0 Å². The molecule has 0 aliphatic carbocycles. The lowest BCUT2D eigenvalue weighted by Crippen LogP contribution is -2.45. The summed E-state index contributed by atoms with van der Waals surface area (Å²) < 4.78 is 31.0. The third kappa shape index (κ3) is 5.10. The fourth-order valence-corrected chi connectivity index (χ4v) is 4.38. The zero-order valence-electron chi connectivity index (χ0n) is 12.3. The van der Waals surface area contributed by atoms with Crippen LogP contribution in [-0.4, -0.2) is 44.1 Å². The number of carbonyl (C=O) groups is 1. The highest BCUT2D eigenvalue weighted by molar-refractivity contribution is 7.89. The van der Waals surface area contributed by atoms with E-state index in [9.17, 15) is 13.2 Å². The van der Waals surface area contributed by atoms with Crippen molar-refractivity contribution in [3.05, 3.63) is 0 Å². The Hall–Kier alpha value is -0.620. The molecule has 6 heteroatoms. The van der Waals surface area contributed by atoms with E-state index in [0.29, 0.717) is 26.0 Å². The molecule has 0 aromatic rings. The molecule has 112 valence electrons. The molecule has 0 bridgehead atoms. The summed E-state index contributed by atoms with van der Waals surface area (Å²) in [6.45, 7) is 8.57. The second-order valence-electron chi connectivity index (χ2n) is 6.27. The molecule has 0 aromatic carbocycles. The third-order valence-electron chi connectivity index (χ3n) is 3.01. The Balaban J connectivity index is 2.71. The van der Waals surface area contributed by atoms with E-state index < -0.39 is 10.0 Å². The number of ether oxygens (including phenoxy) is 1. The molecule has 1 aliphatic rings. The highest BCUT2D eigenvalue weighted by Crippen LogP contribution is 2.24. The Morgan fingerprint density at radius 2 is 2.00 bits per heavy atom. The van der Waals surface area contributed by atoms with Gasteiger partial charge in [0.05, 0.1) is 18.3 Å². The molecule has 1 rings (SSSR count). The maximum absolute atomic E-state index is 12.3. The van der Waals surface area contributed by atoms with Gasteiger partial charge in [-0.25, -0.2) is 12.7 Å². The largest absolute Gasteiger partial charge is 0.466 e. The van der Waals surface area contributed by atoms with Crippen LogP contribution in [0.3, 0.4) is 0 Å². The molecule has 1 fully saturated rings. The van der Waals surface area contributed by atoms with E-state index in [1.165, 1.54) is 4.31 Å². The van der Waals surface area contributed by atoms with E-state index in [4.69, 9.17) is 4.74 Å². The summed E-state index contributed by atoms with van der Waals surface area (Å²) in [5, 5.41) is 0. The van der Waals surface area contributed by atoms with Gasteiger partial charge in [0, 0.05) is 13.1 Å². The fourth-order valence-electron chi connectivity index (χ4n) is 2.29. The van der Waals surface area contributed by atoms with Crippen molar-refractivity contribution in [2.24, 2.45) is 11.3 Å². The van der Waals surface area contributed by atoms with Gasteiger partial charge in [-0.05, 0) is 25.2 Å². The maximum Gasteiger partial charge on any atom is 0.310 e. The molecule has 1 saturated heterocycles. The molecule has 1 heterocycles. The Morgan fingerprint density at radius 1 is 1.37 bits per heavy atom. The van der Waals surface area contributed by atoms with Crippen molar-refractivity contribution in [2.75, 3.05) is 25.4 Å². The van der Waals surface area contributed by atoms with Crippen molar-refractivity contribution in [1.82, 2.24) is 4.31 Å². The first kappa shape index (κ1) is 16.4. The van der Waals surface area contributed by atoms with Gasteiger partial charge in [-0.3, -0.25) is 4.79 Å². The van der Waals surface area contributed by atoms with Crippen LogP contribution >= 0.6 is 0 Å². The van der Waals surface area contributed by atoms with Gasteiger partial charge in [-0.1, -0.05) is 20.8 Å². The number of piperidine rings is 1. The fraction of sp³-hybridized carbons (Fsp3) is 0.923. The monoisotopic (exact) mass is 291 g/mol. The quantitative estimate of drug-likeness (QED) is 0.739. The molecule has 0 unspecified atom stereocenters. The SMILES string of the molecule is CCOC(=O)[C@@H]1CCCN(S(=O)(=O)CC(C)(C)C)C1. The first-order chi connectivity index (χ1) is 8.65. The number of hydrogen-bond acceptors (Lipinski definition) is 4. The van der Waals surface area contributed by atoms with Crippen molar-refractivity contribution < 1.29 is 17.9 Å². The van der Waals surface area contributed by atoms with Gasteiger partial charge < -0.3 is 4.74 Å². The van der Waals surface area contributed by atoms with Crippen LogP contribution in [0.5, 0.6) is 0 Å². The van der Waals surface area contributed by atoms with E-state index >= 15 is 0 Å². The summed E-state index contributed by atoms with van der Waals surface area (Å²) in [5.74, 6) is -0.489. The average Bonchev–Trinajstić information content (AvgIpc) is 2.26. The molecule has 0 spiro atoms. The first-order valence-electron chi connectivity index (χ1n) is 6.80. The lowest BCUT2D eigenvalue weighted by atomic mass is 10.00. The van der Waals surface area contributed by atoms with Crippen LogP contribution in [0, 0.1) is 11.3 Å². The molecule has 0 amide bonds. The zero-order chi connectivity index (χ0) is 14.7. The van der Waals surface area contributed by atoms with Crippen LogP contribution < -0.4 is 0 Å². The van der Waals surface area contributed by atoms with Crippen LogP contribution in [0.25, 0.3) is 0 Å². The summed E-state index contributed by atoms with van der Waals surface area (Å²) in [6, 6.07) is 0. The van der Waals surface area contributed by atoms with Crippen LogP contribution in [0.15, 0.2) is 0 Å². The summed E-state index contributed by atoms with van der Waals surface area (Å²) in [7, 11) is -3.30. The standard InChI is InChI=1S/C13H25NO4S/c1-5-18-12(15)11-7-6-8-14(9-11)19(16,17)10-13(2,3)4/h11H,5-10H2,1-4H3/t11-/m1/s1. The summed E-state index contributed by atoms with van der Waals surface area (Å²) in [4.78, 5) is 11.7. The van der Waals surface area contributed by atoms with Gasteiger partial charge in [0.15, 0.2) is 0 Å². The van der Waals surface area contributed by atoms with Crippen molar-refractivity contribution in [3.8, 4) is 0 Å². The van der Waals surface area contributed by atoms with Gasteiger partial charge in [-0.15, -0.1) is 0 Å². The minimum Gasteiger partial charge on any atom is -0.466 e. The van der Waals surface area contributed by atoms with Gasteiger partial charge in [-0.2, -0.15) is 0 Å². The molecular formula is C13H25NO4S. The van der Waals surface area contributed by atoms with E-state index in [-0.39, 0.29) is 29.6 Å². The average molecular weight is 291 g/mol. The second kappa shape index (κ2) is 6.22. The van der Waals surface area contributed by atoms with Crippen LogP contribution in [0.2, 0.25) is 0 Å². The molecule has 1 aliphatic heterocycles. The molecule has 1 atom stereocenters. The second-order valence-corrected chi connectivity index (χ2v) is 8.24. The molecular weight excluding hydrogens is 266 g/mol. The number of carbonyl (C=O) groups excluding carboxylic acids is 1. The number of hydrogen-bond donors (Lipinski definition) is 0. The van der Waals surface area contributed by atoms with Crippen LogP contribution in [0.4, 0.5) is 0 Å². The predicted molar refractivity (Wildman–Crippen MR) is 74.2 cm³/mol. The maximum atomic E-state index is 12.3. The first-order valence-corrected chi connectivity index (χ1v) is 8.41. The van der Waals surface area contributed by atoms with E-state index in [2.05, 4.69) is 0 Å². The lowest BCUT2D eigenvalue weighted by Gasteiger charge is -2.32. The molecule has 0 radical (unpaired) electrons. The number of esters is 1. The van der Waals surface area contributed by atoms with Gasteiger partial charge >= 0.3 is 5.97 Å². The molecule has 19 heavy (non-hydrogen) atoms. The molecule has 0 saturated carbocycles. The topological polar surface area (TPSA) is 63.7 Å². The summed E-state index contributed by atoms with van der Waals surface area (Å²) >= 11 is 0. The third-order valence-corrected chi connectivity index (χ3v) is 5.36. The Bertz CT molecular complexity index is 411. The molecule has 0 N–H and O–H groups in total. The van der Waals surface area contributed by atoms with E-state index in [1.807, 2.05) is 20.8 Å². The lowest BCUT2D eigenvalue weighted by molar-refractivity contribution is -0.149. The summed E-state index contributed by atoms with van der Waals surface area (Å²) in [6.07, 6.45) is 1.42. The number of sulfonamides is 1. The Labute approximate surface area is 116 Å². The normalized spacial score (nSPS) is 22.2. The predicted octanol–water partition coefficient (Wildman–Crippen LogP) is 1.64.